The zero-order valence-corrected chi connectivity index (χ0v) is 10.2. The highest BCUT2D eigenvalue weighted by molar-refractivity contribution is 5.49. The average molecular weight is 228 g/mol. The van der Waals surface area contributed by atoms with Crippen molar-refractivity contribution in [2.24, 2.45) is 10.2 Å². The van der Waals surface area contributed by atoms with E-state index in [9.17, 15) is 0 Å². The third-order valence-corrected chi connectivity index (χ3v) is 2.63. The molecule has 0 aliphatic heterocycles. The number of nitrogens with zero attached hydrogens (tertiary/aromatic N) is 2. The molecule has 88 valence electrons. The Hall–Kier alpha value is -1.90. The summed E-state index contributed by atoms with van der Waals surface area (Å²) in [6.45, 7) is 2.66. The van der Waals surface area contributed by atoms with Crippen LogP contribution in [-0.2, 0) is 4.74 Å². The minimum absolute atomic E-state index is 0.671. The maximum Gasteiger partial charge on any atom is 0.122 e. The summed E-state index contributed by atoms with van der Waals surface area (Å²) in [5.74, 6) is 0.922. The maximum absolute atomic E-state index is 5.65. The van der Waals surface area contributed by atoms with Crippen molar-refractivity contribution in [1.29, 1.82) is 0 Å². The summed E-state index contributed by atoms with van der Waals surface area (Å²) < 4.78 is 5.65. The lowest BCUT2D eigenvalue weighted by Gasteiger charge is -2.10. The van der Waals surface area contributed by atoms with E-state index >= 15 is 0 Å². The van der Waals surface area contributed by atoms with Crippen molar-refractivity contribution < 1.29 is 4.74 Å². The highest BCUT2D eigenvalue weighted by Gasteiger charge is 2.15. The van der Waals surface area contributed by atoms with E-state index in [1.165, 1.54) is 11.1 Å². The largest absolute Gasteiger partial charge is 0.494 e. The van der Waals surface area contributed by atoms with E-state index in [0.29, 0.717) is 6.61 Å². The van der Waals surface area contributed by atoms with Gasteiger partial charge in [-0.1, -0.05) is 24.3 Å². The van der Waals surface area contributed by atoms with Crippen LogP contribution in [0.3, 0.4) is 0 Å². The normalized spacial score (nSPS) is 18.9. The highest BCUT2D eigenvalue weighted by atomic mass is 16.5. The lowest BCUT2D eigenvalue weighted by Crippen LogP contribution is -1.96. The van der Waals surface area contributed by atoms with Gasteiger partial charge in [0.25, 0.3) is 0 Å². The van der Waals surface area contributed by atoms with Gasteiger partial charge in [-0.25, -0.2) is 0 Å². The van der Waals surface area contributed by atoms with Gasteiger partial charge in [0.2, 0.25) is 0 Å². The molecule has 0 unspecified atom stereocenters. The Morgan fingerprint density at radius 1 is 1.12 bits per heavy atom. The van der Waals surface area contributed by atoms with Gasteiger partial charge in [0.1, 0.15) is 5.76 Å². The molecule has 0 amide bonds. The summed E-state index contributed by atoms with van der Waals surface area (Å²) in [5.41, 5.74) is 3.26. The number of azo groups is 1. The van der Waals surface area contributed by atoms with Crippen molar-refractivity contribution in [3.63, 3.8) is 0 Å². The molecule has 0 radical (unpaired) electrons. The number of rotatable bonds is 3. The minimum Gasteiger partial charge on any atom is -0.494 e. The molecule has 0 aromatic heterocycles. The molecule has 0 N–H and O–H groups in total. The van der Waals surface area contributed by atoms with Crippen molar-refractivity contribution >= 4 is 0 Å². The van der Waals surface area contributed by atoms with Gasteiger partial charge in [0.05, 0.1) is 12.3 Å². The number of allylic oxidation sites excluding steroid dienone is 8. The Bertz CT molecular complexity index is 476. The van der Waals surface area contributed by atoms with Crippen LogP contribution < -0.4 is 0 Å². The quantitative estimate of drug-likeness (QED) is 0.678. The maximum atomic E-state index is 5.65. The third-order valence-electron chi connectivity index (χ3n) is 2.63. The number of ether oxygens (including phenoxy) is 1. The molecule has 0 aromatic rings. The summed E-state index contributed by atoms with van der Waals surface area (Å²) in [6, 6.07) is 0. The number of hydrogen-bond donors (Lipinski definition) is 0. The lowest BCUT2D eigenvalue weighted by molar-refractivity contribution is 0.237. The first-order chi connectivity index (χ1) is 8.35. The van der Waals surface area contributed by atoms with E-state index in [-0.39, 0.29) is 0 Å². The minimum atomic E-state index is 0.671. The van der Waals surface area contributed by atoms with Crippen LogP contribution in [0.25, 0.3) is 0 Å². The fraction of sp³-hybridized carbons (Fsp3) is 0.286. The molecule has 2 bridgehead atoms. The Morgan fingerprint density at radius 2 is 1.88 bits per heavy atom. The molecule has 0 spiro atoms. The fourth-order valence-electron chi connectivity index (χ4n) is 1.88. The van der Waals surface area contributed by atoms with E-state index in [2.05, 4.69) is 22.4 Å². The lowest BCUT2D eigenvalue weighted by atomic mass is 10.0. The van der Waals surface area contributed by atoms with Gasteiger partial charge < -0.3 is 4.74 Å². The van der Waals surface area contributed by atoms with Crippen molar-refractivity contribution in [2.45, 2.75) is 13.3 Å². The summed E-state index contributed by atoms with van der Waals surface area (Å²) in [6.07, 6.45) is 13.0. The van der Waals surface area contributed by atoms with Gasteiger partial charge in [-0.3, -0.25) is 0 Å². The molecule has 2 aliphatic rings. The van der Waals surface area contributed by atoms with Gasteiger partial charge in [0.15, 0.2) is 0 Å². The van der Waals surface area contributed by atoms with Crippen LogP contribution in [0.5, 0.6) is 0 Å². The molecule has 0 heterocycles. The summed E-state index contributed by atoms with van der Waals surface area (Å²) in [5, 5.41) is 8.01. The van der Waals surface area contributed by atoms with Gasteiger partial charge in [-0.2, -0.15) is 10.2 Å². The monoisotopic (exact) mass is 228 g/mol. The van der Waals surface area contributed by atoms with E-state index < -0.39 is 0 Å². The summed E-state index contributed by atoms with van der Waals surface area (Å²) in [4.78, 5) is 0. The van der Waals surface area contributed by atoms with Crippen LogP contribution in [0.1, 0.15) is 13.3 Å². The van der Waals surface area contributed by atoms with Gasteiger partial charge in [-0.15, -0.1) is 0 Å². The molecule has 0 saturated heterocycles. The zero-order valence-electron chi connectivity index (χ0n) is 10.2. The number of hydrogen-bond acceptors (Lipinski definition) is 3. The second kappa shape index (κ2) is 5.43. The second-order valence-electron chi connectivity index (χ2n) is 3.76. The Balaban J connectivity index is 2.42. The number of fused-ring (bicyclic) bond motifs is 2. The first-order valence-corrected chi connectivity index (χ1v) is 5.77. The van der Waals surface area contributed by atoms with Gasteiger partial charge >= 0.3 is 0 Å². The SMILES string of the molecule is CCOC1=CC=C(N=NC)C2=CC=CC=C1C2. The standard InChI is InChI=1S/C14H16N2O/c1-3-17-14-9-8-13(16-15-2)11-6-4-5-7-12(14)10-11/h4-9H,3,10H2,1-2H3. The topological polar surface area (TPSA) is 34.0 Å². The molecular weight excluding hydrogens is 212 g/mol. The van der Waals surface area contributed by atoms with Crippen molar-refractivity contribution in [3.05, 3.63) is 59.1 Å². The van der Waals surface area contributed by atoms with E-state index in [1.54, 1.807) is 7.05 Å². The van der Waals surface area contributed by atoms with Crippen LogP contribution in [0, 0.1) is 0 Å². The van der Waals surface area contributed by atoms with Crippen LogP contribution in [0.15, 0.2) is 69.3 Å². The molecule has 0 atom stereocenters. The van der Waals surface area contributed by atoms with Crippen molar-refractivity contribution in [3.8, 4) is 0 Å². The Morgan fingerprint density at radius 3 is 2.59 bits per heavy atom. The molecule has 3 nitrogen and oxygen atoms in total. The molecule has 2 aliphatic carbocycles. The van der Waals surface area contributed by atoms with E-state index in [0.717, 1.165) is 17.9 Å². The van der Waals surface area contributed by atoms with Crippen molar-refractivity contribution in [2.75, 3.05) is 13.7 Å². The highest BCUT2D eigenvalue weighted by Crippen LogP contribution is 2.30. The Labute approximate surface area is 102 Å². The predicted molar refractivity (Wildman–Crippen MR) is 68.5 cm³/mol. The summed E-state index contributed by atoms with van der Waals surface area (Å²) in [7, 11) is 1.68. The molecule has 2 rings (SSSR count). The summed E-state index contributed by atoms with van der Waals surface area (Å²) >= 11 is 0. The van der Waals surface area contributed by atoms with Crippen molar-refractivity contribution in [1.82, 2.24) is 0 Å². The smallest absolute Gasteiger partial charge is 0.122 e. The molecule has 3 heteroatoms. The first kappa shape index (κ1) is 11.6. The third kappa shape index (κ3) is 2.61. The fourth-order valence-corrected chi connectivity index (χ4v) is 1.88. The van der Waals surface area contributed by atoms with E-state index in [1.807, 2.05) is 31.2 Å². The molecule has 17 heavy (non-hydrogen) atoms. The van der Waals surface area contributed by atoms with Crippen LogP contribution >= 0.6 is 0 Å². The predicted octanol–water partition coefficient (Wildman–Crippen LogP) is 3.70. The van der Waals surface area contributed by atoms with Gasteiger partial charge in [0, 0.05) is 13.5 Å². The van der Waals surface area contributed by atoms with Crippen LogP contribution in [0.2, 0.25) is 0 Å². The second-order valence-corrected chi connectivity index (χ2v) is 3.76. The van der Waals surface area contributed by atoms with Crippen LogP contribution in [-0.4, -0.2) is 13.7 Å². The molecule has 0 aromatic carbocycles. The molecule has 0 saturated carbocycles. The van der Waals surface area contributed by atoms with E-state index in [4.69, 9.17) is 4.74 Å². The average Bonchev–Trinajstić information content (AvgIpc) is 2.66. The van der Waals surface area contributed by atoms with Crippen LogP contribution in [0.4, 0.5) is 0 Å². The Kier molecular flexibility index (Phi) is 3.70. The molecule has 0 fully saturated rings. The zero-order chi connectivity index (χ0) is 12.1. The first-order valence-electron chi connectivity index (χ1n) is 5.77. The molecular formula is C14H16N2O. The van der Waals surface area contributed by atoms with Gasteiger partial charge in [-0.05, 0) is 30.2 Å².